The van der Waals surface area contributed by atoms with Gasteiger partial charge in [-0.05, 0) is 41.8 Å². The third-order valence-corrected chi connectivity index (χ3v) is 5.85. The topological polar surface area (TPSA) is 55.6 Å². The summed E-state index contributed by atoms with van der Waals surface area (Å²) in [6.07, 6.45) is 2.90. The summed E-state index contributed by atoms with van der Waals surface area (Å²) in [7, 11) is 1.62. The molecule has 0 fully saturated rings. The van der Waals surface area contributed by atoms with Crippen molar-refractivity contribution in [1.29, 1.82) is 0 Å². The number of rotatable bonds is 7. The number of aryl methyl sites for hydroxylation is 1. The molecule has 148 valence electrons. The number of furan rings is 1. The van der Waals surface area contributed by atoms with Crippen molar-refractivity contribution in [3.05, 3.63) is 77.7 Å². The average molecular weight is 407 g/mol. The number of carbonyl (C=O) groups excluding carboxylic acids is 1. The van der Waals surface area contributed by atoms with Crippen molar-refractivity contribution in [2.45, 2.75) is 26.3 Å². The number of amides is 1. The van der Waals surface area contributed by atoms with Crippen LogP contribution >= 0.6 is 11.3 Å². The number of thiazole rings is 1. The number of fused-ring (bicyclic) bond motifs is 1. The van der Waals surface area contributed by atoms with Gasteiger partial charge in [-0.3, -0.25) is 9.69 Å². The van der Waals surface area contributed by atoms with E-state index in [1.807, 2.05) is 42.5 Å². The average Bonchev–Trinajstić information content (AvgIpc) is 3.41. The van der Waals surface area contributed by atoms with Gasteiger partial charge < -0.3 is 9.15 Å². The molecule has 4 rings (SSSR count). The Morgan fingerprint density at radius 2 is 1.90 bits per heavy atom. The van der Waals surface area contributed by atoms with Gasteiger partial charge in [-0.1, -0.05) is 48.6 Å². The van der Waals surface area contributed by atoms with E-state index in [1.165, 1.54) is 16.9 Å². The second kappa shape index (κ2) is 8.49. The molecular formula is C23H22N2O3S. The Balaban J connectivity index is 1.66. The molecular weight excluding hydrogens is 384 g/mol. The monoisotopic (exact) mass is 406 g/mol. The van der Waals surface area contributed by atoms with Crippen LogP contribution in [0.5, 0.6) is 5.75 Å². The number of carbonyl (C=O) groups is 1. The van der Waals surface area contributed by atoms with Crippen LogP contribution in [0.3, 0.4) is 0 Å². The first kappa shape index (κ1) is 19.2. The highest BCUT2D eigenvalue weighted by molar-refractivity contribution is 7.22. The lowest BCUT2D eigenvalue weighted by atomic mass is 10.1. The second-order valence-electron chi connectivity index (χ2n) is 6.71. The maximum atomic E-state index is 13.2. The number of nitrogens with zero attached hydrogens (tertiary/aromatic N) is 2. The summed E-state index contributed by atoms with van der Waals surface area (Å²) in [4.78, 5) is 19.6. The van der Waals surface area contributed by atoms with Crippen LogP contribution in [0.25, 0.3) is 10.2 Å². The van der Waals surface area contributed by atoms with E-state index in [0.29, 0.717) is 29.6 Å². The molecule has 0 saturated carbocycles. The Kier molecular flexibility index (Phi) is 5.62. The van der Waals surface area contributed by atoms with Crippen LogP contribution in [0, 0.1) is 0 Å². The Hall–Kier alpha value is -3.12. The third kappa shape index (κ3) is 4.17. The van der Waals surface area contributed by atoms with Gasteiger partial charge in [0.25, 0.3) is 0 Å². The lowest BCUT2D eigenvalue weighted by Gasteiger charge is -2.19. The van der Waals surface area contributed by atoms with Crippen LogP contribution in [0.2, 0.25) is 0 Å². The summed E-state index contributed by atoms with van der Waals surface area (Å²) in [6, 6.07) is 17.7. The first-order valence-corrected chi connectivity index (χ1v) is 10.3. The van der Waals surface area contributed by atoms with Gasteiger partial charge >= 0.3 is 0 Å². The van der Waals surface area contributed by atoms with Crippen LogP contribution in [-0.4, -0.2) is 18.0 Å². The quantitative estimate of drug-likeness (QED) is 0.421. The van der Waals surface area contributed by atoms with Gasteiger partial charge in [-0.2, -0.15) is 0 Å². The summed E-state index contributed by atoms with van der Waals surface area (Å²) < 4.78 is 11.9. The maximum absolute atomic E-state index is 13.2. The molecule has 0 aliphatic carbocycles. The minimum absolute atomic E-state index is 0.0244. The number of hydrogen-bond donors (Lipinski definition) is 0. The van der Waals surface area contributed by atoms with E-state index < -0.39 is 0 Å². The Bertz CT molecular complexity index is 1100. The molecule has 0 bridgehead atoms. The third-order valence-electron chi connectivity index (χ3n) is 4.80. The van der Waals surface area contributed by atoms with E-state index in [-0.39, 0.29) is 5.91 Å². The van der Waals surface area contributed by atoms with Gasteiger partial charge in [0, 0.05) is 0 Å². The highest BCUT2D eigenvalue weighted by Gasteiger charge is 2.22. The fourth-order valence-corrected chi connectivity index (χ4v) is 4.18. The van der Waals surface area contributed by atoms with Gasteiger partial charge in [-0.25, -0.2) is 4.98 Å². The molecule has 0 atom stereocenters. The molecule has 2 aromatic heterocycles. The molecule has 0 aliphatic rings. The Morgan fingerprint density at radius 3 is 2.59 bits per heavy atom. The molecule has 4 aromatic rings. The molecule has 0 spiro atoms. The number of anilines is 1. The first-order chi connectivity index (χ1) is 14.2. The Labute approximate surface area is 173 Å². The minimum atomic E-state index is -0.0244. The largest absolute Gasteiger partial charge is 0.494 e. The number of benzene rings is 2. The zero-order chi connectivity index (χ0) is 20.2. The molecule has 6 heteroatoms. The molecule has 0 unspecified atom stereocenters. The summed E-state index contributed by atoms with van der Waals surface area (Å²) in [6.45, 7) is 2.45. The first-order valence-electron chi connectivity index (χ1n) is 9.52. The minimum Gasteiger partial charge on any atom is -0.494 e. The summed E-state index contributed by atoms with van der Waals surface area (Å²) in [5.74, 6) is 1.39. The van der Waals surface area contributed by atoms with E-state index in [0.717, 1.165) is 22.2 Å². The van der Waals surface area contributed by atoms with Crippen LogP contribution in [0.15, 0.2) is 65.3 Å². The Morgan fingerprint density at radius 1 is 1.10 bits per heavy atom. The van der Waals surface area contributed by atoms with E-state index in [9.17, 15) is 4.79 Å². The van der Waals surface area contributed by atoms with Gasteiger partial charge in [0.2, 0.25) is 5.91 Å². The highest BCUT2D eigenvalue weighted by atomic mass is 32.1. The van der Waals surface area contributed by atoms with Gasteiger partial charge in [0.15, 0.2) is 5.13 Å². The van der Waals surface area contributed by atoms with Crippen LogP contribution in [0.1, 0.15) is 23.8 Å². The molecule has 29 heavy (non-hydrogen) atoms. The van der Waals surface area contributed by atoms with Gasteiger partial charge in [-0.15, -0.1) is 0 Å². The predicted octanol–water partition coefficient (Wildman–Crippen LogP) is 5.24. The molecule has 0 N–H and O–H groups in total. The van der Waals surface area contributed by atoms with Crippen LogP contribution in [-0.2, 0) is 24.2 Å². The summed E-state index contributed by atoms with van der Waals surface area (Å²) in [5, 5.41) is 0.635. The molecule has 2 aromatic carbocycles. The molecule has 5 nitrogen and oxygen atoms in total. The van der Waals surface area contributed by atoms with Crippen molar-refractivity contribution in [2.24, 2.45) is 0 Å². The van der Waals surface area contributed by atoms with Crippen molar-refractivity contribution < 1.29 is 13.9 Å². The van der Waals surface area contributed by atoms with Gasteiger partial charge in [0.1, 0.15) is 17.0 Å². The molecule has 0 aliphatic heterocycles. The number of para-hydroxylation sites is 1. The number of hydrogen-bond acceptors (Lipinski definition) is 5. The van der Waals surface area contributed by atoms with Crippen LogP contribution < -0.4 is 9.64 Å². The molecule has 0 saturated heterocycles. The summed E-state index contributed by atoms with van der Waals surface area (Å²) >= 11 is 1.47. The number of aromatic nitrogens is 1. The SMILES string of the molecule is CCc1ccc(CC(=O)N(Cc2ccco2)c2nc3c(OC)cccc3s2)cc1. The van der Waals surface area contributed by atoms with E-state index >= 15 is 0 Å². The lowest BCUT2D eigenvalue weighted by molar-refractivity contribution is -0.118. The highest BCUT2D eigenvalue weighted by Crippen LogP contribution is 2.35. The van der Waals surface area contributed by atoms with E-state index in [4.69, 9.17) is 14.1 Å². The zero-order valence-corrected chi connectivity index (χ0v) is 17.2. The van der Waals surface area contributed by atoms with Crippen molar-refractivity contribution in [2.75, 3.05) is 12.0 Å². The van der Waals surface area contributed by atoms with Crippen molar-refractivity contribution in [3.63, 3.8) is 0 Å². The number of ether oxygens (including phenoxy) is 1. The summed E-state index contributed by atoms with van der Waals surface area (Å²) in [5.41, 5.74) is 3.00. The standard InChI is InChI=1S/C23H22N2O3S/c1-3-16-9-11-17(12-10-16)14-21(26)25(15-18-6-5-13-28-18)23-24-22-19(27-2)7-4-8-20(22)29-23/h4-13H,3,14-15H2,1-2H3. The zero-order valence-electron chi connectivity index (χ0n) is 16.4. The lowest BCUT2D eigenvalue weighted by Crippen LogP contribution is -2.31. The fourth-order valence-electron chi connectivity index (χ4n) is 3.18. The van der Waals surface area contributed by atoms with Gasteiger partial charge in [0.05, 0.1) is 31.0 Å². The van der Waals surface area contributed by atoms with Crippen LogP contribution in [0.4, 0.5) is 5.13 Å². The smallest absolute Gasteiger partial charge is 0.233 e. The van der Waals surface area contributed by atoms with Crippen molar-refractivity contribution >= 4 is 32.6 Å². The normalized spacial score (nSPS) is 11.0. The van der Waals surface area contributed by atoms with Crippen molar-refractivity contribution in [1.82, 2.24) is 4.98 Å². The van der Waals surface area contributed by atoms with Crippen molar-refractivity contribution in [3.8, 4) is 5.75 Å². The van der Waals surface area contributed by atoms with E-state index in [2.05, 4.69) is 19.1 Å². The second-order valence-corrected chi connectivity index (χ2v) is 7.72. The predicted molar refractivity (Wildman–Crippen MR) is 116 cm³/mol. The maximum Gasteiger partial charge on any atom is 0.233 e. The number of methoxy groups -OCH3 is 1. The van der Waals surface area contributed by atoms with E-state index in [1.54, 1.807) is 18.3 Å². The molecule has 1 amide bonds. The fraction of sp³-hybridized carbons (Fsp3) is 0.217. The molecule has 2 heterocycles. The molecule has 0 radical (unpaired) electrons.